The number of H-pyrrole nitrogens is 1. The van der Waals surface area contributed by atoms with E-state index >= 15 is 0 Å². The van der Waals surface area contributed by atoms with Crippen LogP contribution < -0.4 is 0 Å². The van der Waals surface area contributed by atoms with Crippen molar-refractivity contribution in [2.75, 3.05) is 13.6 Å². The van der Waals surface area contributed by atoms with Gasteiger partial charge in [0.25, 0.3) is 0 Å². The van der Waals surface area contributed by atoms with Crippen LogP contribution in [0.1, 0.15) is 30.9 Å². The maximum absolute atomic E-state index is 5.30. The number of piperidine rings is 1. The minimum absolute atomic E-state index is 0.522. The molecule has 0 aliphatic carbocycles. The number of pyridine rings is 1. The molecule has 0 unspecified atom stereocenters. The van der Waals surface area contributed by atoms with Gasteiger partial charge in [0, 0.05) is 17.8 Å². The van der Waals surface area contributed by atoms with E-state index in [4.69, 9.17) is 12.2 Å². The lowest BCUT2D eigenvalue weighted by Gasteiger charge is -2.32. The maximum atomic E-state index is 5.30. The van der Waals surface area contributed by atoms with E-state index in [0.717, 1.165) is 4.64 Å². The second-order valence-corrected chi connectivity index (χ2v) is 4.36. The second-order valence-electron chi connectivity index (χ2n) is 3.95. The number of nitrogens with one attached hydrogen (secondary N) is 1. The standard InChI is InChI=1S/C11H16N2S/c1-13-8-3-2-6-10(13)9-5-4-7-12-11(9)14/h4-5,7,10H,2-3,6,8H2,1H3,(H,12,14)/t10-/m1/s1. The summed E-state index contributed by atoms with van der Waals surface area (Å²) in [7, 11) is 2.19. The van der Waals surface area contributed by atoms with Gasteiger partial charge in [0.2, 0.25) is 0 Å². The molecule has 76 valence electrons. The first-order valence-corrected chi connectivity index (χ1v) is 5.57. The molecular formula is C11H16N2S. The number of nitrogens with zero attached hydrogens (tertiary/aromatic N) is 1. The fourth-order valence-corrected chi connectivity index (χ4v) is 2.44. The Balaban J connectivity index is 2.29. The molecule has 0 radical (unpaired) electrons. The Morgan fingerprint density at radius 2 is 2.36 bits per heavy atom. The first-order chi connectivity index (χ1) is 6.79. The van der Waals surface area contributed by atoms with E-state index in [-0.39, 0.29) is 0 Å². The van der Waals surface area contributed by atoms with E-state index in [0.29, 0.717) is 6.04 Å². The first-order valence-electron chi connectivity index (χ1n) is 5.17. The van der Waals surface area contributed by atoms with Crippen LogP contribution in [0.25, 0.3) is 0 Å². The van der Waals surface area contributed by atoms with Crippen LogP contribution in [0.15, 0.2) is 18.3 Å². The number of hydrogen-bond acceptors (Lipinski definition) is 2. The molecule has 0 saturated carbocycles. The van der Waals surface area contributed by atoms with Crippen molar-refractivity contribution < 1.29 is 0 Å². The average molecular weight is 208 g/mol. The highest BCUT2D eigenvalue weighted by Crippen LogP contribution is 2.29. The van der Waals surface area contributed by atoms with E-state index < -0.39 is 0 Å². The van der Waals surface area contributed by atoms with Crippen molar-refractivity contribution >= 4 is 12.2 Å². The van der Waals surface area contributed by atoms with E-state index in [1.807, 2.05) is 12.3 Å². The van der Waals surface area contributed by atoms with E-state index in [1.54, 1.807) is 0 Å². The average Bonchev–Trinajstić information content (AvgIpc) is 2.20. The van der Waals surface area contributed by atoms with Crippen molar-refractivity contribution in [3.8, 4) is 0 Å². The molecule has 14 heavy (non-hydrogen) atoms. The summed E-state index contributed by atoms with van der Waals surface area (Å²) in [6, 6.07) is 4.70. The Hall–Kier alpha value is -0.670. The lowest BCUT2D eigenvalue weighted by atomic mass is 9.97. The summed E-state index contributed by atoms with van der Waals surface area (Å²) in [5.74, 6) is 0. The Morgan fingerprint density at radius 3 is 3.07 bits per heavy atom. The molecule has 0 bridgehead atoms. The molecule has 0 spiro atoms. The van der Waals surface area contributed by atoms with Gasteiger partial charge < -0.3 is 4.98 Å². The third-order valence-electron chi connectivity index (χ3n) is 2.98. The molecule has 0 aromatic carbocycles. The SMILES string of the molecule is CN1CCCC[C@@H]1c1ccc[nH]c1=S. The summed E-state index contributed by atoms with van der Waals surface area (Å²) >= 11 is 5.30. The molecule has 1 aromatic heterocycles. The van der Waals surface area contributed by atoms with Crippen LogP contribution in [-0.2, 0) is 0 Å². The molecular weight excluding hydrogens is 192 g/mol. The Bertz CT molecular complexity index is 358. The van der Waals surface area contributed by atoms with Crippen molar-refractivity contribution in [3.05, 3.63) is 28.5 Å². The van der Waals surface area contributed by atoms with Gasteiger partial charge in [-0.2, -0.15) is 0 Å². The van der Waals surface area contributed by atoms with Crippen LogP contribution in [-0.4, -0.2) is 23.5 Å². The topological polar surface area (TPSA) is 19.0 Å². The quantitative estimate of drug-likeness (QED) is 0.716. The van der Waals surface area contributed by atoms with Gasteiger partial charge in [-0.3, -0.25) is 4.90 Å². The molecule has 1 atom stereocenters. The van der Waals surface area contributed by atoms with Gasteiger partial charge >= 0.3 is 0 Å². The van der Waals surface area contributed by atoms with Crippen molar-refractivity contribution in [2.45, 2.75) is 25.3 Å². The summed E-state index contributed by atoms with van der Waals surface area (Å²) in [5.41, 5.74) is 1.28. The molecule has 1 fully saturated rings. The smallest absolute Gasteiger partial charge is 0.108 e. The lowest BCUT2D eigenvalue weighted by molar-refractivity contribution is 0.186. The monoisotopic (exact) mass is 208 g/mol. The van der Waals surface area contributed by atoms with Crippen molar-refractivity contribution in [2.24, 2.45) is 0 Å². The Kier molecular flexibility index (Phi) is 2.99. The number of likely N-dealkylation sites (tertiary alicyclic amines) is 1. The van der Waals surface area contributed by atoms with E-state index in [2.05, 4.69) is 23.0 Å². The molecule has 3 heteroatoms. The van der Waals surface area contributed by atoms with Crippen LogP contribution in [0.5, 0.6) is 0 Å². The summed E-state index contributed by atoms with van der Waals surface area (Å²) in [6.45, 7) is 1.19. The molecule has 1 aliphatic heterocycles. The van der Waals surface area contributed by atoms with Gasteiger partial charge in [-0.05, 0) is 32.5 Å². The number of rotatable bonds is 1. The summed E-state index contributed by atoms with van der Waals surface area (Å²) < 4.78 is 0.895. The highest BCUT2D eigenvalue weighted by atomic mass is 32.1. The number of aromatic amines is 1. The van der Waals surface area contributed by atoms with Gasteiger partial charge in [0.15, 0.2) is 0 Å². The van der Waals surface area contributed by atoms with Crippen molar-refractivity contribution in [1.29, 1.82) is 0 Å². The van der Waals surface area contributed by atoms with Crippen molar-refractivity contribution in [1.82, 2.24) is 9.88 Å². The van der Waals surface area contributed by atoms with Gasteiger partial charge in [-0.1, -0.05) is 24.7 Å². The highest BCUT2D eigenvalue weighted by Gasteiger charge is 2.21. The normalized spacial score (nSPS) is 23.6. The molecule has 2 nitrogen and oxygen atoms in total. The third-order valence-corrected chi connectivity index (χ3v) is 3.33. The fraction of sp³-hybridized carbons (Fsp3) is 0.545. The number of aromatic nitrogens is 1. The molecule has 1 aromatic rings. The molecule has 2 heterocycles. The zero-order chi connectivity index (χ0) is 9.97. The molecule has 2 rings (SSSR count). The van der Waals surface area contributed by atoms with Gasteiger partial charge in [0.1, 0.15) is 4.64 Å². The maximum Gasteiger partial charge on any atom is 0.108 e. The van der Waals surface area contributed by atoms with Gasteiger partial charge in [0.05, 0.1) is 0 Å². The van der Waals surface area contributed by atoms with Crippen LogP contribution >= 0.6 is 12.2 Å². The Morgan fingerprint density at radius 1 is 1.50 bits per heavy atom. The van der Waals surface area contributed by atoms with Crippen LogP contribution in [0.4, 0.5) is 0 Å². The van der Waals surface area contributed by atoms with Crippen LogP contribution in [0, 0.1) is 4.64 Å². The summed E-state index contributed by atoms with van der Waals surface area (Å²) in [6.07, 6.45) is 5.77. The Labute approximate surface area is 90.0 Å². The van der Waals surface area contributed by atoms with Gasteiger partial charge in [-0.25, -0.2) is 0 Å². The minimum Gasteiger partial charge on any atom is -0.353 e. The first kappa shape index (κ1) is 9.87. The minimum atomic E-state index is 0.522. The zero-order valence-electron chi connectivity index (χ0n) is 8.49. The van der Waals surface area contributed by atoms with E-state index in [1.165, 1.54) is 31.4 Å². The number of hydrogen-bond donors (Lipinski definition) is 1. The second kappa shape index (κ2) is 4.24. The predicted molar refractivity (Wildman–Crippen MR) is 60.8 cm³/mol. The summed E-state index contributed by atoms with van der Waals surface area (Å²) in [4.78, 5) is 5.51. The van der Waals surface area contributed by atoms with Crippen LogP contribution in [0.3, 0.4) is 0 Å². The van der Waals surface area contributed by atoms with Crippen molar-refractivity contribution in [3.63, 3.8) is 0 Å². The predicted octanol–water partition coefficient (Wildman–Crippen LogP) is 2.90. The van der Waals surface area contributed by atoms with Crippen LogP contribution in [0.2, 0.25) is 0 Å². The lowest BCUT2D eigenvalue weighted by Crippen LogP contribution is -2.29. The highest BCUT2D eigenvalue weighted by molar-refractivity contribution is 7.71. The molecule has 1 N–H and O–H groups in total. The third kappa shape index (κ3) is 1.88. The zero-order valence-corrected chi connectivity index (χ0v) is 9.31. The summed E-state index contributed by atoms with van der Waals surface area (Å²) in [5, 5.41) is 0. The molecule has 1 aliphatic rings. The van der Waals surface area contributed by atoms with E-state index in [9.17, 15) is 0 Å². The van der Waals surface area contributed by atoms with Gasteiger partial charge in [-0.15, -0.1) is 0 Å². The molecule has 0 amide bonds. The fourth-order valence-electron chi connectivity index (χ4n) is 2.17. The largest absolute Gasteiger partial charge is 0.353 e. The molecule has 1 saturated heterocycles.